The molecule has 0 saturated carbocycles. The van der Waals surface area contributed by atoms with Crippen LogP contribution < -0.4 is 4.74 Å². The summed E-state index contributed by atoms with van der Waals surface area (Å²) >= 11 is 0. The Balaban J connectivity index is 1.14. The predicted molar refractivity (Wildman–Crippen MR) is 222 cm³/mol. The molecular formula is C51H32N4O. The van der Waals surface area contributed by atoms with Gasteiger partial charge < -0.3 is 4.74 Å². The van der Waals surface area contributed by atoms with Crippen LogP contribution in [-0.4, -0.2) is 19.9 Å². The summed E-state index contributed by atoms with van der Waals surface area (Å²) < 4.78 is 6.65. The van der Waals surface area contributed by atoms with Crippen LogP contribution in [0.4, 0.5) is 0 Å². The maximum Gasteiger partial charge on any atom is 0.164 e. The number of para-hydroxylation sites is 2. The van der Waals surface area contributed by atoms with Crippen LogP contribution in [0.3, 0.4) is 0 Å². The lowest BCUT2D eigenvalue weighted by molar-refractivity contribution is 0.436. The molecule has 0 bridgehead atoms. The van der Waals surface area contributed by atoms with Gasteiger partial charge in [0.15, 0.2) is 17.5 Å². The maximum atomic E-state index is 6.65. The van der Waals surface area contributed by atoms with Gasteiger partial charge in [-0.05, 0) is 80.9 Å². The largest absolute Gasteiger partial charge is 0.457 e. The van der Waals surface area contributed by atoms with Crippen LogP contribution in [0.15, 0.2) is 194 Å². The normalized spacial score (nSPS) is 12.9. The van der Waals surface area contributed by atoms with Crippen molar-refractivity contribution in [3.05, 3.63) is 217 Å². The molecule has 5 heteroatoms. The number of rotatable bonds is 5. The Kier molecular flexibility index (Phi) is 7.32. The van der Waals surface area contributed by atoms with Gasteiger partial charge in [0.1, 0.15) is 11.5 Å². The van der Waals surface area contributed by atoms with Gasteiger partial charge in [-0.15, -0.1) is 0 Å². The monoisotopic (exact) mass is 716 g/mol. The van der Waals surface area contributed by atoms with E-state index in [1.807, 2.05) is 60.9 Å². The number of nitrogens with zero attached hydrogens (tertiary/aromatic N) is 4. The Morgan fingerprint density at radius 1 is 0.321 bits per heavy atom. The Labute approximate surface area is 324 Å². The number of hydrogen-bond acceptors (Lipinski definition) is 5. The zero-order valence-electron chi connectivity index (χ0n) is 30.2. The first-order valence-corrected chi connectivity index (χ1v) is 18.8. The molecule has 0 radical (unpaired) electrons. The molecule has 56 heavy (non-hydrogen) atoms. The Bertz CT molecular complexity index is 2880. The van der Waals surface area contributed by atoms with Gasteiger partial charge in [-0.1, -0.05) is 146 Å². The molecule has 0 amide bonds. The summed E-state index contributed by atoms with van der Waals surface area (Å²) in [4.78, 5) is 19.7. The summed E-state index contributed by atoms with van der Waals surface area (Å²) in [6, 6.07) is 63.6. The van der Waals surface area contributed by atoms with E-state index in [0.29, 0.717) is 17.5 Å². The van der Waals surface area contributed by atoms with Crippen molar-refractivity contribution in [3.8, 4) is 79.0 Å². The highest BCUT2D eigenvalue weighted by Crippen LogP contribution is 2.62. The highest BCUT2D eigenvalue weighted by molar-refractivity contribution is 5.91. The summed E-state index contributed by atoms with van der Waals surface area (Å²) in [6.45, 7) is 0. The molecule has 0 atom stereocenters. The summed E-state index contributed by atoms with van der Waals surface area (Å²) in [5.74, 6) is 3.55. The van der Waals surface area contributed by atoms with Crippen molar-refractivity contribution in [1.29, 1.82) is 0 Å². The molecule has 1 aliphatic carbocycles. The van der Waals surface area contributed by atoms with E-state index in [0.717, 1.165) is 67.1 Å². The molecule has 0 saturated heterocycles. The van der Waals surface area contributed by atoms with Gasteiger partial charge >= 0.3 is 0 Å². The van der Waals surface area contributed by atoms with Crippen molar-refractivity contribution in [3.63, 3.8) is 0 Å². The van der Waals surface area contributed by atoms with E-state index in [2.05, 4.69) is 138 Å². The molecule has 7 aromatic carbocycles. The van der Waals surface area contributed by atoms with Crippen molar-refractivity contribution in [2.45, 2.75) is 5.41 Å². The maximum absolute atomic E-state index is 6.65. The summed E-state index contributed by atoms with van der Waals surface area (Å²) in [6.07, 6.45) is 3.70. The Morgan fingerprint density at radius 3 is 1.34 bits per heavy atom. The average molecular weight is 717 g/mol. The third-order valence-corrected chi connectivity index (χ3v) is 11.1. The fourth-order valence-corrected chi connectivity index (χ4v) is 8.55. The molecule has 11 rings (SSSR count). The number of hydrogen-bond donors (Lipinski definition) is 0. The molecule has 0 unspecified atom stereocenters. The molecule has 2 aromatic heterocycles. The van der Waals surface area contributed by atoms with Gasteiger partial charge in [-0.25, -0.2) is 15.0 Å². The second-order valence-corrected chi connectivity index (χ2v) is 14.2. The third kappa shape index (κ3) is 5.02. The minimum Gasteiger partial charge on any atom is -0.457 e. The van der Waals surface area contributed by atoms with Crippen LogP contribution in [0.25, 0.3) is 67.5 Å². The number of benzene rings is 7. The molecular weight excluding hydrogens is 685 g/mol. The lowest BCUT2D eigenvalue weighted by Gasteiger charge is -2.39. The molecule has 9 aromatic rings. The van der Waals surface area contributed by atoms with Crippen molar-refractivity contribution < 1.29 is 4.74 Å². The smallest absolute Gasteiger partial charge is 0.164 e. The Morgan fingerprint density at radius 2 is 0.732 bits per heavy atom. The van der Waals surface area contributed by atoms with Gasteiger partial charge in [0.05, 0.1) is 5.41 Å². The van der Waals surface area contributed by atoms with E-state index in [1.54, 1.807) is 0 Å². The van der Waals surface area contributed by atoms with E-state index < -0.39 is 5.41 Å². The summed E-state index contributed by atoms with van der Waals surface area (Å²) in [7, 11) is 0. The molecule has 3 heterocycles. The fraction of sp³-hybridized carbons (Fsp3) is 0.0196. The van der Waals surface area contributed by atoms with Gasteiger partial charge in [-0.3, -0.25) is 4.98 Å². The van der Waals surface area contributed by atoms with Crippen LogP contribution in [0.2, 0.25) is 0 Å². The second-order valence-electron chi connectivity index (χ2n) is 14.2. The molecule has 262 valence electrons. The molecule has 1 spiro atoms. The molecule has 2 aliphatic rings. The standard InChI is InChI=1S/C51H32N4O/c1-3-11-33(12-4-1)34-19-21-37(22-20-34)49-53-48(36-13-5-2-6-14-36)54-50(55-49)39-24-26-41-40-25-23-38(35-27-29-52-30-28-35)31-44(40)51(45(41)32-39)42-15-7-9-17-46(42)56-47-18-10-8-16-43(47)51/h1-32H. The Hall–Kier alpha value is -7.50. The summed E-state index contributed by atoms with van der Waals surface area (Å²) in [5, 5.41) is 0. The third-order valence-electron chi connectivity index (χ3n) is 11.1. The number of fused-ring (bicyclic) bond motifs is 9. The number of ether oxygens (including phenoxy) is 1. The quantitative estimate of drug-likeness (QED) is 0.177. The van der Waals surface area contributed by atoms with E-state index in [-0.39, 0.29) is 0 Å². The van der Waals surface area contributed by atoms with Gasteiger partial charge in [0.2, 0.25) is 0 Å². The minimum atomic E-state index is -0.666. The van der Waals surface area contributed by atoms with Gasteiger partial charge in [-0.2, -0.15) is 0 Å². The first kappa shape index (κ1) is 32.0. The van der Waals surface area contributed by atoms with Crippen molar-refractivity contribution in [2.75, 3.05) is 0 Å². The van der Waals surface area contributed by atoms with Crippen molar-refractivity contribution in [2.24, 2.45) is 0 Å². The lowest BCUT2D eigenvalue weighted by atomic mass is 9.65. The van der Waals surface area contributed by atoms with E-state index in [4.69, 9.17) is 19.7 Å². The van der Waals surface area contributed by atoms with Crippen LogP contribution in [-0.2, 0) is 5.41 Å². The van der Waals surface area contributed by atoms with E-state index in [1.165, 1.54) is 16.7 Å². The van der Waals surface area contributed by atoms with Crippen LogP contribution in [0, 0.1) is 0 Å². The lowest BCUT2D eigenvalue weighted by Crippen LogP contribution is -2.32. The van der Waals surface area contributed by atoms with Crippen molar-refractivity contribution >= 4 is 0 Å². The highest BCUT2D eigenvalue weighted by atomic mass is 16.5. The van der Waals surface area contributed by atoms with E-state index >= 15 is 0 Å². The van der Waals surface area contributed by atoms with Gasteiger partial charge in [0, 0.05) is 40.2 Å². The van der Waals surface area contributed by atoms with Crippen molar-refractivity contribution in [1.82, 2.24) is 19.9 Å². The van der Waals surface area contributed by atoms with Crippen LogP contribution >= 0.6 is 0 Å². The molecule has 0 fully saturated rings. The SMILES string of the molecule is c1ccc(-c2ccc(-c3nc(-c4ccccc4)nc(-c4ccc5c(c4)C4(c6ccccc6Oc6ccccc64)c4cc(-c6ccncc6)ccc4-5)n3)cc2)cc1. The predicted octanol–water partition coefficient (Wildman–Crippen LogP) is 12.1. The topological polar surface area (TPSA) is 60.8 Å². The van der Waals surface area contributed by atoms with Gasteiger partial charge in [0.25, 0.3) is 0 Å². The number of pyridine rings is 1. The van der Waals surface area contributed by atoms with E-state index in [9.17, 15) is 0 Å². The first-order chi connectivity index (χ1) is 27.7. The number of aromatic nitrogens is 4. The molecule has 1 aliphatic heterocycles. The highest BCUT2D eigenvalue weighted by Gasteiger charge is 2.51. The molecule has 5 nitrogen and oxygen atoms in total. The zero-order valence-corrected chi connectivity index (χ0v) is 30.2. The molecule has 0 N–H and O–H groups in total. The average Bonchev–Trinajstić information content (AvgIpc) is 3.56. The second kappa shape index (κ2) is 12.8. The minimum absolute atomic E-state index is 0.612. The summed E-state index contributed by atoms with van der Waals surface area (Å²) in [5.41, 5.74) is 13.6. The first-order valence-electron chi connectivity index (χ1n) is 18.8. The van der Waals surface area contributed by atoms with Crippen LogP contribution in [0.5, 0.6) is 11.5 Å². The van der Waals surface area contributed by atoms with Crippen LogP contribution in [0.1, 0.15) is 22.3 Å². The fourth-order valence-electron chi connectivity index (χ4n) is 8.55. The zero-order chi connectivity index (χ0) is 37.1.